The van der Waals surface area contributed by atoms with E-state index in [1.165, 1.54) is 0 Å². The van der Waals surface area contributed by atoms with Crippen molar-refractivity contribution in [3.63, 3.8) is 0 Å². The summed E-state index contributed by atoms with van der Waals surface area (Å²) in [6.07, 6.45) is 1.28. The van der Waals surface area contributed by atoms with Crippen molar-refractivity contribution in [2.75, 3.05) is 0 Å². The molecule has 1 heteroatoms. The van der Waals surface area contributed by atoms with Gasteiger partial charge in [0.05, 0.1) is 0 Å². The minimum atomic E-state index is -0.454. The van der Waals surface area contributed by atoms with Gasteiger partial charge in [-0.15, -0.1) is 0 Å². The van der Waals surface area contributed by atoms with E-state index in [0.29, 0.717) is 0 Å². The highest BCUT2D eigenvalue weighted by Crippen LogP contribution is 2.61. The molecule has 0 radical (unpaired) electrons. The van der Waals surface area contributed by atoms with E-state index in [1.54, 1.807) is 0 Å². The second kappa shape index (κ2) is 1.96. The monoisotopic (exact) mass is 142 g/mol. The summed E-state index contributed by atoms with van der Waals surface area (Å²) in [6, 6.07) is 0. The van der Waals surface area contributed by atoms with Crippen LogP contribution in [-0.4, -0.2) is 6.17 Å². The van der Waals surface area contributed by atoms with Crippen LogP contribution in [0.5, 0.6) is 0 Å². The molecular weight excluding hydrogens is 127 g/mol. The van der Waals surface area contributed by atoms with Gasteiger partial charge in [-0.3, -0.25) is 0 Å². The summed E-state index contributed by atoms with van der Waals surface area (Å²) in [6.45, 7) is 4.52. The van der Waals surface area contributed by atoms with Crippen molar-refractivity contribution in [1.29, 1.82) is 0 Å². The summed E-state index contributed by atoms with van der Waals surface area (Å²) in [4.78, 5) is 0. The minimum Gasteiger partial charge on any atom is -0.247 e. The molecule has 0 heterocycles. The molecule has 0 saturated heterocycles. The molecule has 0 nitrogen and oxygen atoms in total. The zero-order valence-corrected chi connectivity index (χ0v) is 6.68. The number of alkyl halides is 1. The summed E-state index contributed by atoms with van der Waals surface area (Å²) in [5.74, 6) is 3.22. The van der Waals surface area contributed by atoms with E-state index in [0.717, 1.165) is 36.5 Å². The lowest BCUT2D eigenvalue weighted by Gasteiger charge is -2.08. The zero-order chi connectivity index (χ0) is 7.30. The van der Waals surface area contributed by atoms with Crippen molar-refractivity contribution in [3.05, 3.63) is 0 Å². The Morgan fingerprint density at radius 3 is 2.10 bits per heavy atom. The van der Waals surface area contributed by atoms with Crippen LogP contribution in [0.25, 0.3) is 0 Å². The Morgan fingerprint density at radius 1 is 1.20 bits per heavy atom. The van der Waals surface area contributed by atoms with Crippen LogP contribution in [0.1, 0.15) is 26.7 Å². The van der Waals surface area contributed by atoms with Crippen LogP contribution in [0.15, 0.2) is 0 Å². The molecule has 2 atom stereocenters. The maximum Gasteiger partial charge on any atom is 0.101 e. The molecule has 2 rings (SSSR count). The molecule has 10 heavy (non-hydrogen) atoms. The molecule has 2 aliphatic rings. The van der Waals surface area contributed by atoms with Crippen molar-refractivity contribution >= 4 is 0 Å². The highest BCUT2D eigenvalue weighted by Gasteiger charge is 2.56. The quantitative estimate of drug-likeness (QED) is 0.528. The lowest BCUT2D eigenvalue weighted by atomic mass is 10.0. The van der Waals surface area contributed by atoms with Crippen molar-refractivity contribution in [2.24, 2.45) is 23.7 Å². The molecule has 0 bridgehead atoms. The lowest BCUT2D eigenvalue weighted by Crippen LogP contribution is -2.04. The SMILES string of the molecule is CC(C)C1C2CC(F)CC21. The van der Waals surface area contributed by atoms with E-state index < -0.39 is 6.17 Å². The van der Waals surface area contributed by atoms with Gasteiger partial charge >= 0.3 is 0 Å². The molecular formula is C9H15F. The molecule has 0 N–H and O–H groups in total. The Labute approximate surface area is 61.8 Å². The first-order chi connectivity index (χ1) is 4.70. The maximum absolute atomic E-state index is 12.6. The van der Waals surface area contributed by atoms with Crippen LogP contribution in [0, 0.1) is 23.7 Å². The van der Waals surface area contributed by atoms with Crippen molar-refractivity contribution < 1.29 is 4.39 Å². The van der Waals surface area contributed by atoms with E-state index in [-0.39, 0.29) is 0 Å². The van der Waals surface area contributed by atoms with Gasteiger partial charge in [-0.2, -0.15) is 0 Å². The van der Waals surface area contributed by atoms with Gasteiger partial charge in [-0.1, -0.05) is 13.8 Å². The molecule has 0 aromatic rings. The van der Waals surface area contributed by atoms with Gasteiger partial charge in [0.25, 0.3) is 0 Å². The largest absolute Gasteiger partial charge is 0.247 e. The third-order valence-electron chi connectivity index (χ3n) is 3.22. The molecule has 0 spiro atoms. The topological polar surface area (TPSA) is 0 Å². The normalized spacial score (nSPS) is 51.6. The summed E-state index contributed by atoms with van der Waals surface area (Å²) >= 11 is 0. The molecule has 0 amide bonds. The van der Waals surface area contributed by atoms with Crippen LogP contribution < -0.4 is 0 Å². The Balaban J connectivity index is 1.92. The second-order valence-corrected chi connectivity index (χ2v) is 4.22. The molecule has 0 aliphatic heterocycles. The predicted molar refractivity (Wildman–Crippen MR) is 39.4 cm³/mol. The molecule has 58 valence electrons. The smallest absolute Gasteiger partial charge is 0.101 e. The fraction of sp³-hybridized carbons (Fsp3) is 1.00. The standard InChI is InChI=1S/C9H15F/c1-5(2)9-7-3-6(10)4-8(7)9/h5-9H,3-4H2,1-2H3. The molecule has 0 aromatic heterocycles. The molecule has 2 aliphatic carbocycles. The van der Waals surface area contributed by atoms with E-state index in [1.807, 2.05) is 0 Å². The average Bonchev–Trinajstić information content (AvgIpc) is 2.32. The third-order valence-corrected chi connectivity index (χ3v) is 3.22. The molecule has 2 unspecified atom stereocenters. The van der Waals surface area contributed by atoms with Gasteiger partial charge in [-0.25, -0.2) is 4.39 Å². The Morgan fingerprint density at radius 2 is 1.70 bits per heavy atom. The summed E-state index contributed by atoms with van der Waals surface area (Å²) in [7, 11) is 0. The second-order valence-electron chi connectivity index (χ2n) is 4.22. The van der Waals surface area contributed by atoms with Crippen LogP contribution in [0.3, 0.4) is 0 Å². The van der Waals surface area contributed by atoms with Gasteiger partial charge in [-0.05, 0) is 36.5 Å². The van der Waals surface area contributed by atoms with Crippen LogP contribution >= 0.6 is 0 Å². The first-order valence-electron chi connectivity index (χ1n) is 4.34. The van der Waals surface area contributed by atoms with Gasteiger partial charge < -0.3 is 0 Å². The molecule has 2 fully saturated rings. The van der Waals surface area contributed by atoms with Gasteiger partial charge in [0.2, 0.25) is 0 Å². The minimum absolute atomic E-state index is 0.454. The highest BCUT2D eigenvalue weighted by atomic mass is 19.1. The Hall–Kier alpha value is -0.0700. The Bertz CT molecular complexity index is 130. The highest BCUT2D eigenvalue weighted by molar-refractivity contribution is 5.05. The Kier molecular flexibility index (Phi) is 1.30. The molecule has 2 saturated carbocycles. The van der Waals surface area contributed by atoms with Crippen LogP contribution in [0.4, 0.5) is 4.39 Å². The van der Waals surface area contributed by atoms with Crippen molar-refractivity contribution in [2.45, 2.75) is 32.9 Å². The zero-order valence-electron chi connectivity index (χ0n) is 6.68. The van der Waals surface area contributed by atoms with Crippen LogP contribution in [-0.2, 0) is 0 Å². The molecule has 0 aromatic carbocycles. The van der Waals surface area contributed by atoms with Crippen molar-refractivity contribution in [3.8, 4) is 0 Å². The number of halogens is 1. The van der Waals surface area contributed by atoms with Gasteiger partial charge in [0.1, 0.15) is 6.17 Å². The fourth-order valence-corrected chi connectivity index (χ4v) is 2.81. The lowest BCUT2D eigenvalue weighted by molar-refractivity contribution is 0.285. The van der Waals surface area contributed by atoms with E-state index in [9.17, 15) is 4.39 Å². The fourth-order valence-electron chi connectivity index (χ4n) is 2.81. The number of fused-ring (bicyclic) bond motifs is 1. The van der Waals surface area contributed by atoms with E-state index in [2.05, 4.69) is 13.8 Å². The number of hydrogen-bond donors (Lipinski definition) is 0. The van der Waals surface area contributed by atoms with Gasteiger partial charge in [0, 0.05) is 0 Å². The summed E-state index contributed by atoms with van der Waals surface area (Å²) < 4.78 is 12.6. The van der Waals surface area contributed by atoms with E-state index >= 15 is 0 Å². The predicted octanol–water partition coefficient (Wildman–Crippen LogP) is 2.64. The number of rotatable bonds is 1. The first-order valence-corrected chi connectivity index (χ1v) is 4.34. The first kappa shape index (κ1) is 6.63. The third kappa shape index (κ3) is 0.792. The maximum atomic E-state index is 12.6. The van der Waals surface area contributed by atoms with E-state index in [4.69, 9.17) is 0 Å². The number of hydrogen-bond acceptors (Lipinski definition) is 0. The van der Waals surface area contributed by atoms with Crippen molar-refractivity contribution in [1.82, 2.24) is 0 Å². The summed E-state index contributed by atoms with van der Waals surface area (Å²) in [5, 5.41) is 0. The summed E-state index contributed by atoms with van der Waals surface area (Å²) in [5.41, 5.74) is 0. The van der Waals surface area contributed by atoms with Gasteiger partial charge in [0.15, 0.2) is 0 Å². The average molecular weight is 142 g/mol. The van der Waals surface area contributed by atoms with Crippen LogP contribution in [0.2, 0.25) is 0 Å².